The van der Waals surface area contributed by atoms with Gasteiger partial charge in [0.1, 0.15) is 11.4 Å². The first-order chi connectivity index (χ1) is 8.46. The van der Waals surface area contributed by atoms with E-state index in [1.165, 1.54) is 0 Å². The maximum absolute atomic E-state index is 12.2. The van der Waals surface area contributed by atoms with E-state index in [0.717, 1.165) is 6.54 Å². The minimum absolute atomic E-state index is 0.0675. The Kier molecular flexibility index (Phi) is 2.95. The number of hydrogen-bond acceptors (Lipinski definition) is 4. The highest BCUT2D eigenvalue weighted by molar-refractivity contribution is 5.90. The molecule has 1 aromatic heterocycles. The number of nitrogens with zero attached hydrogens (tertiary/aromatic N) is 4. The van der Waals surface area contributed by atoms with Gasteiger partial charge in [0.15, 0.2) is 0 Å². The van der Waals surface area contributed by atoms with E-state index in [2.05, 4.69) is 11.1 Å². The Bertz CT molecular complexity index is 518. The van der Waals surface area contributed by atoms with Crippen LogP contribution in [0.3, 0.4) is 0 Å². The van der Waals surface area contributed by atoms with Crippen molar-refractivity contribution in [1.29, 1.82) is 5.26 Å². The summed E-state index contributed by atoms with van der Waals surface area (Å²) in [6.07, 6.45) is 1.60. The summed E-state index contributed by atoms with van der Waals surface area (Å²) in [6, 6.07) is 5.48. The molecular formula is C13H16N4O. The van der Waals surface area contributed by atoms with Gasteiger partial charge in [0, 0.05) is 26.3 Å². The fourth-order valence-corrected chi connectivity index (χ4v) is 2.25. The van der Waals surface area contributed by atoms with Crippen molar-refractivity contribution < 1.29 is 4.79 Å². The number of piperazine rings is 1. The van der Waals surface area contributed by atoms with E-state index in [-0.39, 0.29) is 5.91 Å². The molecule has 0 radical (unpaired) electrons. The third-order valence-electron chi connectivity index (χ3n) is 3.36. The predicted molar refractivity (Wildman–Crippen MR) is 68.0 cm³/mol. The van der Waals surface area contributed by atoms with Crippen LogP contribution in [0.5, 0.6) is 0 Å². The van der Waals surface area contributed by atoms with E-state index in [4.69, 9.17) is 5.26 Å². The fraction of sp³-hybridized carbons (Fsp3) is 0.462. The average Bonchev–Trinajstić information content (AvgIpc) is 2.36. The molecule has 1 aliphatic heterocycles. The minimum Gasteiger partial charge on any atom is -0.342 e. The molecule has 2 rings (SSSR count). The summed E-state index contributed by atoms with van der Waals surface area (Å²) in [5.41, 5.74) is -0.0733. The summed E-state index contributed by atoms with van der Waals surface area (Å²) < 4.78 is 0. The topological polar surface area (TPSA) is 60.2 Å². The number of hydrogen-bond donors (Lipinski definition) is 0. The smallest absolute Gasteiger partial charge is 0.247 e. The van der Waals surface area contributed by atoms with Crippen LogP contribution in [0.4, 0.5) is 5.82 Å². The Morgan fingerprint density at radius 1 is 1.44 bits per heavy atom. The zero-order chi connectivity index (χ0) is 13.3. The molecule has 0 aliphatic carbocycles. The van der Waals surface area contributed by atoms with Crippen molar-refractivity contribution in [2.75, 3.05) is 25.0 Å². The van der Waals surface area contributed by atoms with Gasteiger partial charge in [-0.25, -0.2) is 4.98 Å². The van der Waals surface area contributed by atoms with E-state index in [1.807, 2.05) is 18.7 Å². The van der Waals surface area contributed by atoms with Crippen LogP contribution in [-0.4, -0.2) is 41.5 Å². The van der Waals surface area contributed by atoms with Gasteiger partial charge in [0.05, 0.1) is 11.6 Å². The van der Waals surface area contributed by atoms with Crippen LogP contribution in [0.1, 0.15) is 19.4 Å². The maximum Gasteiger partial charge on any atom is 0.247 e. The fourth-order valence-electron chi connectivity index (χ4n) is 2.25. The lowest BCUT2D eigenvalue weighted by Gasteiger charge is -2.45. The van der Waals surface area contributed by atoms with Crippen molar-refractivity contribution in [2.45, 2.75) is 19.4 Å². The molecule has 0 N–H and O–H groups in total. The van der Waals surface area contributed by atoms with Crippen LogP contribution in [0.25, 0.3) is 0 Å². The van der Waals surface area contributed by atoms with Crippen LogP contribution >= 0.6 is 0 Å². The molecule has 18 heavy (non-hydrogen) atoms. The third-order valence-corrected chi connectivity index (χ3v) is 3.36. The van der Waals surface area contributed by atoms with Crippen LogP contribution < -0.4 is 4.90 Å². The second kappa shape index (κ2) is 4.30. The first kappa shape index (κ1) is 12.4. The summed E-state index contributed by atoms with van der Waals surface area (Å²) in [6.45, 7) is 5.15. The van der Waals surface area contributed by atoms with Gasteiger partial charge in [-0.2, -0.15) is 5.26 Å². The summed E-state index contributed by atoms with van der Waals surface area (Å²) in [4.78, 5) is 20.1. The highest BCUT2D eigenvalue weighted by atomic mass is 16.2. The molecule has 1 aliphatic rings. The average molecular weight is 244 g/mol. The van der Waals surface area contributed by atoms with Crippen LogP contribution in [-0.2, 0) is 4.79 Å². The Hall–Kier alpha value is -2.09. The molecular weight excluding hydrogens is 228 g/mol. The summed E-state index contributed by atoms with van der Waals surface area (Å²) in [5, 5.41) is 8.91. The van der Waals surface area contributed by atoms with E-state index in [9.17, 15) is 4.79 Å². The van der Waals surface area contributed by atoms with Gasteiger partial charge >= 0.3 is 0 Å². The van der Waals surface area contributed by atoms with Crippen molar-refractivity contribution in [3.8, 4) is 6.07 Å². The molecule has 1 saturated heterocycles. The molecule has 1 fully saturated rings. The molecule has 1 aromatic rings. The highest BCUT2D eigenvalue weighted by Gasteiger charge is 2.41. The van der Waals surface area contributed by atoms with E-state index < -0.39 is 5.54 Å². The van der Waals surface area contributed by atoms with Crippen molar-refractivity contribution in [3.05, 3.63) is 23.9 Å². The maximum atomic E-state index is 12.2. The van der Waals surface area contributed by atoms with Crippen LogP contribution in [0, 0.1) is 11.3 Å². The Balaban J connectivity index is 2.38. The summed E-state index contributed by atoms with van der Waals surface area (Å²) in [7, 11) is 1.81. The molecule has 94 valence electrons. The Morgan fingerprint density at radius 3 is 2.83 bits per heavy atom. The van der Waals surface area contributed by atoms with E-state index in [1.54, 1.807) is 30.3 Å². The Morgan fingerprint density at radius 2 is 2.17 bits per heavy atom. The van der Waals surface area contributed by atoms with Crippen LogP contribution in [0.15, 0.2) is 18.3 Å². The number of likely N-dealkylation sites (N-methyl/N-ethyl adjacent to an activating group) is 1. The number of carbonyl (C=O) groups excluding carboxylic acids is 1. The minimum atomic E-state index is -0.631. The van der Waals surface area contributed by atoms with Crippen molar-refractivity contribution in [2.24, 2.45) is 0 Å². The lowest BCUT2D eigenvalue weighted by atomic mass is 9.97. The number of nitriles is 1. The summed E-state index contributed by atoms with van der Waals surface area (Å²) in [5.74, 6) is 0.749. The quantitative estimate of drug-likeness (QED) is 0.739. The SMILES string of the molecule is CN1CCN(c2cc(C#N)ccn2)C(C)(C)C1=O. The number of rotatable bonds is 1. The molecule has 0 spiro atoms. The van der Waals surface area contributed by atoms with Crippen molar-refractivity contribution >= 4 is 11.7 Å². The molecule has 0 aromatic carbocycles. The number of amides is 1. The van der Waals surface area contributed by atoms with Gasteiger partial charge < -0.3 is 9.80 Å². The standard InChI is InChI=1S/C13H16N4O/c1-13(2)12(18)16(3)6-7-17(13)11-8-10(9-14)4-5-15-11/h4-5,8H,6-7H2,1-3H3. The van der Waals surface area contributed by atoms with Gasteiger partial charge in [0.25, 0.3) is 0 Å². The van der Waals surface area contributed by atoms with Gasteiger partial charge in [-0.05, 0) is 26.0 Å². The molecule has 0 saturated carbocycles. The highest BCUT2D eigenvalue weighted by Crippen LogP contribution is 2.27. The molecule has 5 heteroatoms. The monoisotopic (exact) mass is 244 g/mol. The zero-order valence-electron chi connectivity index (χ0n) is 10.8. The van der Waals surface area contributed by atoms with Gasteiger partial charge in [0.2, 0.25) is 5.91 Å². The van der Waals surface area contributed by atoms with Crippen molar-refractivity contribution in [1.82, 2.24) is 9.88 Å². The second-order valence-corrected chi connectivity index (χ2v) is 4.95. The van der Waals surface area contributed by atoms with Gasteiger partial charge in [-0.3, -0.25) is 4.79 Å². The van der Waals surface area contributed by atoms with E-state index in [0.29, 0.717) is 17.9 Å². The second-order valence-electron chi connectivity index (χ2n) is 4.95. The Labute approximate surface area is 107 Å². The largest absolute Gasteiger partial charge is 0.342 e. The molecule has 0 unspecified atom stereocenters. The summed E-state index contributed by atoms with van der Waals surface area (Å²) >= 11 is 0. The normalized spacial score (nSPS) is 18.7. The predicted octanol–water partition coefficient (Wildman–Crippen LogP) is 1.01. The van der Waals surface area contributed by atoms with E-state index >= 15 is 0 Å². The molecule has 5 nitrogen and oxygen atoms in total. The molecule has 2 heterocycles. The molecule has 1 amide bonds. The number of anilines is 1. The number of pyridine rings is 1. The third kappa shape index (κ3) is 1.90. The molecule has 0 atom stereocenters. The zero-order valence-corrected chi connectivity index (χ0v) is 10.8. The first-order valence-corrected chi connectivity index (χ1v) is 5.86. The lowest BCUT2D eigenvalue weighted by molar-refractivity contribution is -0.136. The first-order valence-electron chi connectivity index (χ1n) is 5.86. The van der Waals surface area contributed by atoms with Crippen molar-refractivity contribution in [3.63, 3.8) is 0 Å². The number of aromatic nitrogens is 1. The lowest BCUT2D eigenvalue weighted by Crippen LogP contribution is -2.62. The molecule has 0 bridgehead atoms. The number of carbonyl (C=O) groups is 1. The van der Waals surface area contributed by atoms with Crippen LogP contribution in [0.2, 0.25) is 0 Å². The van der Waals surface area contributed by atoms with Gasteiger partial charge in [-0.1, -0.05) is 0 Å². The van der Waals surface area contributed by atoms with Gasteiger partial charge in [-0.15, -0.1) is 0 Å².